The van der Waals surface area contributed by atoms with Crippen LogP contribution in [0.4, 0.5) is 4.39 Å². The minimum atomic E-state index is -0.229. The van der Waals surface area contributed by atoms with Gasteiger partial charge in [0.25, 0.3) is 0 Å². The highest BCUT2D eigenvalue weighted by Crippen LogP contribution is 2.19. The van der Waals surface area contributed by atoms with Crippen molar-refractivity contribution in [2.24, 2.45) is 0 Å². The van der Waals surface area contributed by atoms with Crippen LogP contribution in [0.25, 0.3) is 0 Å². The fourth-order valence-electron chi connectivity index (χ4n) is 3.79. The van der Waals surface area contributed by atoms with E-state index in [9.17, 15) is 9.18 Å². The molecular weight excluding hydrogens is 305 g/mol. The molecule has 0 bridgehead atoms. The van der Waals surface area contributed by atoms with Crippen LogP contribution in [0, 0.1) is 5.82 Å². The highest BCUT2D eigenvalue weighted by molar-refractivity contribution is 5.79. The Bertz CT molecular complexity index is 565. The number of likely N-dealkylation sites (tertiary alicyclic amines) is 1. The molecule has 1 amide bonds. The molecule has 2 fully saturated rings. The lowest BCUT2D eigenvalue weighted by molar-refractivity contribution is -0.136. The first-order valence-electron chi connectivity index (χ1n) is 9.07. The standard InChI is InChI=1S/C19H28FN3O/c1-21-10-5-4-7-17(21)9-11-22-12-13-23(19(24)15-22)14-16-6-2-3-8-18(16)20/h2-3,6,8,17H,4-5,7,9-15H2,1H3. The number of carbonyl (C=O) groups is 1. The van der Waals surface area contributed by atoms with Gasteiger partial charge in [-0.1, -0.05) is 24.6 Å². The maximum absolute atomic E-state index is 13.8. The summed E-state index contributed by atoms with van der Waals surface area (Å²) in [6.07, 6.45) is 5.04. The normalized spacial score (nSPS) is 23.7. The Balaban J connectivity index is 1.46. The van der Waals surface area contributed by atoms with E-state index in [4.69, 9.17) is 0 Å². The Morgan fingerprint density at radius 1 is 1.17 bits per heavy atom. The number of hydrogen-bond acceptors (Lipinski definition) is 3. The molecule has 5 heteroatoms. The van der Waals surface area contributed by atoms with Crippen molar-refractivity contribution in [3.8, 4) is 0 Å². The number of piperidine rings is 1. The largest absolute Gasteiger partial charge is 0.336 e. The van der Waals surface area contributed by atoms with Gasteiger partial charge in [0.05, 0.1) is 6.54 Å². The van der Waals surface area contributed by atoms with Crippen LogP contribution in [0.2, 0.25) is 0 Å². The summed E-state index contributed by atoms with van der Waals surface area (Å²) in [4.78, 5) is 18.9. The van der Waals surface area contributed by atoms with Gasteiger partial charge in [-0.15, -0.1) is 0 Å². The molecular formula is C19H28FN3O. The van der Waals surface area contributed by atoms with Crippen LogP contribution < -0.4 is 0 Å². The van der Waals surface area contributed by atoms with Gasteiger partial charge < -0.3 is 9.80 Å². The van der Waals surface area contributed by atoms with E-state index in [1.54, 1.807) is 17.0 Å². The summed E-state index contributed by atoms with van der Waals surface area (Å²) in [5.74, 6) is -0.116. The Labute approximate surface area is 144 Å². The molecule has 1 aromatic rings. The second kappa shape index (κ2) is 8.08. The van der Waals surface area contributed by atoms with E-state index in [2.05, 4.69) is 16.8 Å². The first-order chi connectivity index (χ1) is 11.6. The maximum atomic E-state index is 13.8. The average molecular weight is 333 g/mol. The molecule has 4 nitrogen and oxygen atoms in total. The highest BCUT2D eigenvalue weighted by Gasteiger charge is 2.26. The van der Waals surface area contributed by atoms with Crippen LogP contribution in [0.3, 0.4) is 0 Å². The fraction of sp³-hybridized carbons (Fsp3) is 0.632. The topological polar surface area (TPSA) is 26.8 Å². The van der Waals surface area contributed by atoms with E-state index >= 15 is 0 Å². The number of benzene rings is 1. The first kappa shape index (κ1) is 17.4. The average Bonchev–Trinajstić information content (AvgIpc) is 2.58. The van der Waals surface area contributed by atoms with E-state index in [1.807, 2.05) is 6.07 Å². The van der Waals surface area contributed by atoms with Gasteiger partial charge in [-0.2, -0.15) is 0 Å². The molecule has 0 N–H and O–H groups in total. The van der Waals surface area contributed by atoms with Crippen molar-refractivity contribution >= 4 is 5.91 Å². The molecule has 132 valence electrons. The zero-order valence-corrected chi connectivity index (χ0v) is 14.6. The van der Waals surface area contributed by atoms with E-state index in [1.165, 1.54) is 31.9 Å². The van der Waals surface area contributed by atoms with Crippen molar-refractivity contribution in [1.82, 2.24) is 14.7 Å². The Morgan fingerprint density at radius 2 is 2.00 bits per heavy atom. The first-order valence-corrected chi connectivity index (χ1v) is 9.07. The summed E-state index contributed by atoms with van der Waals surface area (Å²) in [7, 11) is 2.21. The lowest BCUT2D eigenvalue weighted by atomic mass is 10.00. The molecule has 2 saturated heterocycles. The predicted molar refractivity (Wildman–Crippen MR) is 93.1 cm³/mol. The molecule has 1 atom stereocenters. The lowest BCUT2D eigenvalue weighted by Gasteiger charge is -2.37. The summed E-state index contributed by atoms with van der Waals surface area (Å²) in [6.45, 7) is 4.59. The molecule has 0 radical (unpaired) electrons. The minimum Gasteiger partial charge on any atom is -0.336 e. The molecule has 1 aromatic carbocycles. The third kappa shape index (κ3) is 4.33. The molecule has 2 aliphatic rings. The van der Waals surface area contributed by atoms with Crippen LogP contribution in [0.1, 0.15) is 31.2 Å². The number of rotatable bonds is 5. The monoisotopic (exact) mass is 333 g/mol. The molecule has 0 aliphatic carbocycles. The summed E-state index contributed by atoms with van der Waals surface area (Å²) >= 11 is 0. The Hall–Kier alpha value is -1.46. The number of amides is 1. The van der Waals surface area contributed by atoms with Crippen LogP contribution in [-0.4, -0.2) is 66.4 Å². The van der Waals surface area contributed by atoms with Crippen LogP contribution in [0.15, 0.2) is 24.3 Å². The van der Waals surface area contributed by atoms with Gasteiger partial charge in [-0.3, -0.25) is 9.69 Å². The summed E-state index contributed by atoms with van der Waals surface area (Å²) < 4.78 is 13.8. The minimum absolute atomic E-state index is 0.113. The maximum Gasteiger partial charge on any atom is 0.237 e. The van der Waals surface area contributed by atoms with Crippen molar-refractivity contribution < 1.29 is 9.18 Å². The van der Waals surface area contributed by atoms with Crippen molar-refractivity contribution in [3.05, 3.63) is 35.6 Å². The molecule has 3 rings (SSSR count). The molecule has 2 heterocycles. The third-order valence-electron chi connectivity index (χ3n) is 5.42. The van der Waals surface area contributed by atoms with Crippen molar-refractivity contribution in [1.29, 1.82) is 0 Å². The van der Waals surface area contributed by atoms with Crippen molar-refractivity contribution in [2.75, 3.05) is 39.8 Å². The second-order valence-electron chi connectivity index (χ2n) is 7.10. The predicted octanol–water partition coefficient (Wildman–Crippen LogP) is 2.34. The fourth-order valence-corrected chi connectivity index (χ4v) is 3.79. The van der Waals surface area contributed by atoms with E-state index in [-0.39, 0.29) is 11.7 Å². The molecule has 0 saturated carbocycles. The number of nitrogens with zero attached hydrogens (tertiary/aromatic N) is 3. The molecule has 0 spiro atoms. The Morgan fingerprint density at radius 3 is 2.75 bits per heavy atom. The zero-order chi connectivity index (χ0) is 16.9. The van der Waals surface area contributed by atoms with Crippen molar-refractivity contribution in [3.63, 3.8) is 0 Å². The molecule has 2 aliphatic heterocycles. The van der Waals surface area contributed by atoms with Gasteiger partial charge in [-0.05, 0) is 38.9 Å². The number of piperazine rings is 1. The van der Waals surface area contributed by atoms with Crippen LogP contribution in [0.5, 0.6) is 0 Å². The molecule has 24 heavy (non-hydrogen) atoms. The smallest absolute Gasteiger partial charge is 0.237 e. The summed E-state index contributed by atoms with van der Waals surface area (Å²) in [6, 6.07) is 7.37. The number of halogens is 1. The zero-order valence-electron chi connectivity index (χ0n) is 14.6. The van der Waals surface area contributed by atoms with Gasteiger partial charge in [0.15, 0.2) is 0 Å². The van der Waals surface area contributed by atoms with Gasteiger partial charge in [0, 0.05) is 37.8 Å². The second-order valence-corrected chi connectivity index (χ2v) is 7.10. The van der Waals surface area contributed by atoms with Crippen LogP contribution in [-0.2, 0) is 11.3 Å². The highest BCUT2D eigenvalue weighted by atomic mass is 19.1. The quantitative estimate of drug-likeness (QED) is 0.827. The third-order valence-corrected chi connectivity index (χ3v) is 5.42. The van der Waals surface area contributed by atoms with Gasteiger partial charge in [-0.25, -0.2) is 4.39 Å². The molecule has 0 aromatic heterocycles. The molecule has 1 unspecified atom stereocenters. The van der Waals surface area contributed by atoms with E-state index in [0.717, 1.165) is 19.5 Å². The van der Waals surface area contributed by atoms with Gasteiger partial charge in [0.2, 0.25) is 5.91 Å². The Kier molecular flexibility index (Phi) is 5.85. The van der Waals surface area contributed by atoms with Crippen molar-refractivity contribution in [2.45, 2.75) is 38.3 Å². The summed E-state index contributed by atoms with van der Waals surface area (Å²) in [5.41, 5.74) is 0.600. The number of hydrogen-bond donors (Lipinski definition) is 0. The lowest BCUT2D eigenvalue weighted by Crippen LogP contribution is -2.51. The SMILES string of the molecule is CN1CCCCC1CCN1CCN(Cc2ccccc2F)C(=O)C1. The van der Waals surface area contributed by atoms with Gasteiger partial charge >= 0.3 is 0 Å². The van der Waals surface area contributed by atoms with Crippen LogP contribution >= 0.6 is 0 Å². The van der Waals surface area contributed by atoms with Gasteiger partial charge in [0.1, 0.15) is 5.82 Å². The number of carbonyl (C=O) groups excluding carboxylic acids is 1. The van der Waals surface area contributed by atoms with E-state index < -0.39 is 0 Å². The van der Waals surface area contributed by atoms with E-state index in [0.29, 0.717) is 31.2 Å². The summed E-state index contributed by atoms with van der Waals surface area (Å²) in [5, 5.41) is 0.